The number of hydrogen-bond acceptors (Lipinski definition) is 5. The van der Waals surface area contributed by atoms with Crippen LogP contribution in [0.15, 0.2) is 11.3 Å². The second-order valence-corrected chi connectivity index (χ2v) is 5.01. The number of nitrogens with zero attached hydrogens (tertiary/aromatic N) is 1. The number of carboxylic acids is 1. The van der Waals surface area contributed by atoms with Crippen LogP contribution < -0.4 is 5.32 Å². The number of aliphatic carboxylic acids is 1. The predicted molar refractivity (Wildman–Crippen MR) is 64.6 cm³/mol. The molecule has 0 aromatic heterocycles. The summed E-state index contributed by atoms with van der Waals surface area (Å²) in [4.78, 5) is 34.4. The maximum Gasteiger partial charge on any atom is 0.352 e. The first-order valence-electron chi connectivity index (χ1n) is 4.82. The van der Waals surface area contributed by atoms with Gasteiger partial charge < -0.3 is 10.4 Å². The molecule has 2 rings (SSSR count). The summed E-state index contributed by atoms with van der Waals surface area (Å²) in [6.45, 7) is 0. The number of nitrogens with one attached hydrogen (secondary N) is 1. The SMILES string of the molecule is O=CNC1C(=O)N2C(C(=O)O)=C(CS)CSC12. The van der Waals surface area contributed by atoms with Gasteiger partial charge in [-0.2, -0.15) is 12.6 Å². The van der Waals surface area contributed by atoms with Gasteiger partial charge in [0.05, 0.1) is 0 Å². The Morgan fingerprint density at radius 2 is 2.41 bits per heavy atom. The lowest BCUT2D eigenvalue weighted by Gasteiger charge is -2.49. The van der Waals surface area contributed by atoms with Crippen LogP contribution >= 0.6 is 24.4 Å². The molecule has 2 amide bonds. The highest BCUT2D eigenvalue weighted by molar-refractivity contribution is 8.00. The van der Waals surface area contributed by atoms with Gasteiger partial charge >= 0.3 is 5.97 Å². The van der Waals surface area contributed by atoms with Gasteiger partial charge in [0.1, 0.15) is 17.1 Å². The van der Waals surface area contributed by atoms with E-state index in [4.69, 9.17) is 5.11 Å². The van der Waals surface area contributed by atoms with Gasteiger partial charge in [0, 0.05) is 11.5 Å². The zero-order chi connectivity index (χ0) is 12.6. The van der Waals surface area contributed by atoms with Crippen LogP contribution in [0.1, 0.15) is 0 Å². The average Bonchev–Trinajstić information content (AvgIpc) is 2.33. The Bertz CT molecular complexity index is 423. The van der Waals surface area contributed by atoms with E-state index < -0.39 is 12.0 Å². The molecular weight excluding hydrogens is 264 g/mol. The molecule has 2 atom stereocenters. The van der Waals surface area contributed by atoms with Crippen molar-refractivity contribution in [3.05, 3.63) is 11.3 Å². The Balaban J connectivity index is 2.29. The van der Waals surface area contributed by atoms with E-state index in [2.05, 4.69) is 17.9 Å². The van der Waals surface area contributed by atoms with Crippen molar-refractivity contribution in [1.82, 2.24) is 10.2 Å². The van der Waals surface area contributed by atoms with Gasteiger partial charge in [-0.25, -0.2) is 4.79 Å². The van der Waals surface area contributed by atoms with Gasteiger partial charge in [-0.3, -0.25) is 14.5 Å². The first-order valence-corrected chi connectivity index (χ1v) is 6.50. The smallest absolute Gasteiger partial charge is 0.352 e. The molecule has 0 bridgehead atoms. The van der Waals surface area contributed by atoms with Gasteiger partial charge in [0.25, 0.3) is 5.91 Å². The molecule has 2 N–H and O–H groups in total. The summed E-state index contributed by atoms with van der Waals surface area (Å²) in [6.07, 6.45) is 0.457. The molecule has 2 unspecified atom stereocenters. The fourth-order valence-corrected chi connectivity index (χ4v) is 3.67. The third-order valence-electron chi connectivity index (χ3n) is 2.69. The average molecular weight is 274 g/mol. The quantitative estimate of drug-likeness (QED) is 0.358. The summed E-state index contributed by atoms with van der Waals surface area (Å²) in [5.74, 6) is -0.698. The van der Waals surface area contributed by atoms with Crippen LogP contribution in [0.5, 0.6) is 0 Å². The molecule has 1 fully saturated rings. The maximum atomic E-state index is 11.7. The van der Waals surface area contributed by atoms with Crippen LogP contribution in [-0.4, -0.2) is 51.2 Å². The highest BCUT2D eigenvalue weighted by Crippen LogP contribution is 2.40. The topological polar surface area (TPSA) is 86.7 Å². The number of rotatable bonds is 4. The number of fused-ring (bicyclic) bond motifs is 1. The summed E-state index contributed by atoms with van der Waals surface area (Å²) in [5, 5.41) is 11.2. The fraction of sp³-hybridized carbons (Fsp3) is 0.444. The molecule has 0 saturated carbocycles. The molecule has 0 radical (unpaired) electrons. The van der Waals surface area contributed by atoms with E-state index in [0.717, 1.165) is 0 Å². The van der Waals surface area contributed by atoms with E-state index >= 15 is 0 Å². The number of β-lactam (4-membered cyclic amide) rings is 1. The lowest BCUT2D eigenvalue weighted by molar-refractivity contribution is -0.149. The first kappa shape index (κ1) is 12.3. The number of thioether (sulfide) groups is 1. The molecule has 0 spiro atoms. The minimum atomic E-state index is -1.13. The van der Waals surface area contributed by atoms with Crippen molar-refractivity contribution in [2.75, 3.05) is 11.5 Å². The number of carboxylic acid groups (broad SMARTS) is 1. The minimum absolute atomic E-state index is 0.0118. The molecule has 0 aromatic carbocycles. The Hall–Kier alpha value is -1.15. The lowest BCUT2D eigenvalue weighted by atomic mass is 10.0. The Morgan fingerprint density at radius 3 is 2.94 bits per heavy atom. The molecule has 8 heteroatoms. The predicted octanol–water partition coefficient (Wildman–Crippen LogP) is -0.715. The van der Waals surface area contributed by atoms with Gasteiger partial charge in [0.15, 0.2) is 0 Å². The molecule has 2 aliphatic rings. The summed E-state index contributed by atoms with van der Waals surface area (Å²) in [5.41, 5.74) is 0.637. The molecule has 6 nitrogen and oxygen atoms in total. The summed E-state index contributed by atoms with van der Waals surface area (Å²) >= 11 is 5.49. The maximum absolute atomic E-state index is 11.7. The van der Waals surface area contributed by atoms with Crippen LogP contribution in [0.25, 0.3) is 0 Å². The van der Waals surface area contributed by atoms with Crippen molar-refractivity contribution in [1.29, 1.82) is 0 Å². The van der Waals surface area contributed by atoms with Gasteiger partial charge in [0.2, 0.25) is 6.41 Å². The van der Waals surface area contributed by atoms with Crippen molar-refractivity contribution < 1.29 is 19.5 Å². The number of carbonyl (C=O) groups is 3. The zero-order valence-corrected chi connectivity index (χ0v) is 10.3. The van der Waals surface area contributed by atoms with Crippen molar-refractivity contribution in [3.63, 3.8) is 0 Å². The highest BCUT2D eigenvalue weighted by atomic mass is 32.2. The van der Waals surface area contributed by atoms with E-state index in [1.165, 1.54) is 16.7 Å². The number of thiol groups is 1. The molecule has 92 valence electrons. The van der Waals surface area contributed by atoms with Gasteiger partial charge in [-0.05, 0) is 5.57 Å². The third kappa shape index (κ3) is 1.81. The van der Waals surface area contributed by atoms with Crippen LogP contribution in [0.3, 0.4) is 0 Å². The largest absolute Gasteiger partial charge is 0.477 e. The standard InChI is InChI=1S/C9H10N2O4S2/c12-3-10-5-7(13)11-6(9(14)15)4(1-16)2-17-8(5)11/h3,5,8,16H,1-2H2,(H,10,12)(H,14,15). The van der Waals surface area contributed by atoms with Gasteiger partial charge in [-0.1, -0.05) is 0 Å². The van der Waals surface area contributed by atoms with Crippen molar-refractivity contribution in [2.45, 2.75) is 11.4 Å². The summed E-state index contributed by atoms with van der Waals surface area (Å²) in [7, 11) is 0. The fourth-order valence-electron chi connectivity index (χ4n) is 1.90. The Kier molecular flexibility index (Phi) is 3.34. The lowest BCUT2D eigenvalue weighted by Crippen LogP contribution is -2.69. The molecule has 2 heterocycles. The molecule has 0 aliphatic carbocycles. The Labute approximate surface area is 107 Å². The van der Waals surface area contributed by atoms with E-state index in [9.17, 15) is 14.4 Å². The van der Waals surface area contributed by atoms with Crippen LogP contribution in [0.4, 0.5) is 0 Å². The summed E-state index contributed by atoms with van der Waals surface area (Å²) < 4.78 is 0. The summed E-state index contributed by atoms with van der Waals surface area (Å²) in [6, 6.07) is -0.617. The molecule has 17 heavy (non-hydrogen) atoms. The van der Waals surface area contributed by atoms with Crippen LogP contribution in [0.2, 0.25) is 0 Å². The highest BCUT2D eigenvalue weighted by Gasteiger charge is 2.53. The van der Waals surface area contributed by atoms with E-state index in [1.54, 1.807) is 0 Å². The zero-order valence-electron chi connectivity index (χ0n) is 8.62. The molecule has 0 aromatic rings. The Morgan fingerprint density at radius 1 is 1.71 bits per heavy atom. The second-order valence-electron chi connectivity index (χ2n) is 3.59. The van der Waals surface area contributed by atoms with Crippen molar-refractivity contribution in [2.24, 2.45) is 0 Å². The number of hydrogen-bond donors (Lipinski definition) is 3. The monoisotopic (exact) mass is 274 g/mol. The van der Waals surface area contributed by atoms with E-state index in [-0.39, 0.29) is 17.0 Å². The minimum Gasteiger partial charge on any atom is -0.477 e. The third-order valence-corrected chi connectivity index (χ3v) is 4.41. The van der Waals surface area contributed by atoms with Gasteiger partial charge in [-0.15, -0.1) is 11.8 Å². The van der Waals surface area contributed by atoms with E-state index in [1.807, 2.05) is 0 Å². The molecular formula is C9H10N2O4S2. The number of carbonyl (C=O) groups excluding carboxylic acids is 2. The van der Waals surface area contributed by atoms with Crippen LogP contribution in [-0.2, 0) is 14.4 Å². The van der Waals surface area contributed by atoms with E-state index in [0.29, 0.717) is 23.5 Å². The second kappa shape index (κ2) is 4.61. The molecule has 1 saturated heterocycles. The normalized spacial score (nSPS) is 27.4. The molecule has 2 aliphatic heterocycles. The van der Waals surface area contributed by atoms with Crippen molar-refractivity contribution in [3.8, 4) is 0 Å². The first-order chi connectivity index (χ1) is 8.11. The van der Waals surface area contributed by atoms with Crippen molar-refractivity contribution >= 4 is 42.7 Å². The number of amides is 2. The van der Waals surface area contributed by atoms with Crippen LogP contribution in [0, 0.1) is 0 Å².